The summed E-state index contributed by atoms with van der Waals surface area (Å²) in [5.74, 6) is 0.00201. The van der Waals surface area contributed by atoms with Gasteiger partial charge in [0.15, 0.2) is 0 Å². The van der Waals surface area contributed by atoms with Crippen molar-refractivity contribution in [3.63, 3.8) is 0 Å². The third-order valence-corrected chi connectivity index (χ3v) is 5.37. The summed E-state index contributed by atoms with van der Waals surface area (Å²) in [6.07, 6.45) is 5.28. The highest BCUT2D eigenvalue weighted by Crippen LogP contribution is 2.22. The highest BCUT2D eigenvalue weighted by Gasteiger charge is 2.17. The fraction of sp³-hybridized carbons (Fsp3) is 0.500. The third-order valence-electron chi connectivity index (χ3n) is 4.28. The molecule has 3 rings (SSSR count). The van der Waals surface area contributed by atoms with Crippen molar-refractivity contribution in [3.8, 4) is 0 Å². The number of likely N-dealkylation sites (tertiary alicyclic amines) is 1. The summed E-state index contributed by atoms with van der Waals surface area (Å²) in [7, 11) is 0. The zero-order chi connectivity index (χ0) is 16.8. The van der Waals surface area contributed by atoms with E-state index in [-0.39, 0.29) is 18.4 Å². The quantitative estimate of drug-likeness (QED) is 0.785. The van der Waals surface area contributed by atoms with Crippen molar-refractivity contribution in [3.05, 3.63) is 29.3 Å². The van der Waals surface area contributed by atoms with Crippen LogP contribution in [0.4, 0.5) is 0 Å². The van der Waals surface area contributed by atoms with E-state index in [0.717, 1.165) is 55.7 Å². The molecule has 1 saturated heterocycles. The summed E-state index contributed by atoms with van der Waals surface area (Å²) in [5, 5.41) is 3.86. The normalized spacial score (nSPS) is 14.2. The Kier molecular flexibility index (Phi) is 5.80. The number of unbranched alkanes of at least 4 members (excludes halogenated alkanes) is 1. The van der Waals surface area contributed by atoms with E-state index in [2.05, 4.69) is 16.4 Å². The van der Waals surface area contributed by atoms with Crippen LogP contribution in [0.25, 0.3) is 10.2 Å². The van der Waals surface area contributed by atoms with Crippen LogP contribution in [-0.2, 0) is 16.0 Å². The van der Waals surface area contributed by atoms with Crippen LogP contribution >= 0.6 is 11.3 Å². The average molecular weight is 345 g/mol. The van der Waals surface area contributed by atoms with E-state index >= 15 is 0 Å². The smallest absolute Gasteiger partial charge is 0.241 e. The van der Waals surface area contributed by atoms with Gasteiger partial charge in [-0.05, 0) is 44.2 Å². The van der Waals surface area contributed by atoms with Gasteiger partial charge in [-0.2, -0.15) is 0 Å². The fourth-order valence-corrected chi connectivity index (χ4v) is 3.94. The molecule has 5 nitrogen and oxygen atoms in total. The van der Waals surface area contributed by atoms with E-state index in [1.54, 1.807) is 11.3 Å². The summed E-state index contributed by atoms with van der Waals surface area (Å²) in [5.41, 5.74) is 1.05. The van der Waals surface area contributed by atoms with Gasteiger partial charge in [-0.1, -0.05) is 12.1 Å². The first-order valence-electron chi connectivity index (χ1n) is 8.61. The molecule has 0 bridgehead atoms. The molecule has 2 aromatic rings. The van der Waals surface area contributed by atoms with Crippen LogP contribution in [0.5, 0.6) is 0 Å². The van der Waals surface area contributed by atoms with E-state index in [4.69, 9.17) is 0 Å². The Hall–Kier alpha value is -1.95. The molecule has 2 heterocycles. The Morgan fingerprint density at radius 2 is 1.96 bits per heavy atom. The van der Waals surface area contributed by atoms with Gasteiger partial charge in [0.05, 0.1) is 21.8 Å². The van der Waals surface area contributed by atoms with E-state index in [9.17, 15) is 9.59 Å². The number of benzene rings is 1. The molecule has 128 valence electrons. The topological polar surface area (TPSA) is 62.3 Å². The summed E-state index contributed by atoms with van der Waals surface area (Å²) >= 11 is 1.72. The number of aromatic nitrogens is 1. The van der Waals surface area contributed by atoms with Crippen molar-refractivity contribution in [1.29, 1.82) is 0 Å². The number of fused-ring (bicyclic) bond motifs is 1. The number of aryl methyl sites for hydroxylation is 1. The van der Waals surface area contributed by atoms with Crippen molar-refractivity contribution in [2.24, 2.45) is 0 Å². The minimum Gasteiger partial charge on any atom is -0.347 e. The lowest BCUT2D eigenvalue weighted by molar-refractivity contribution is -0.132. The second-order valence-corrected chi connectivity index (χ2v) is 7.26. The Balaban J connectivity index is 1.32. The number of amides is 2. The van der Waals surface area contributed by atoms with Gasteiger partial charge in [0.2, 0.25) is 11.8 Å². The SMILES string of the molecule is O=C(CCCCc1nc2ccccc2s1)NCC(=O)N1CCCC1. The molecule has 0 unspecified atom stereocenters. The Bertz CT molecular complexity index is 674. The molecule has 1 aliphatic heterocycles. The third kappa shape index (κ3) is 4.54. The standard InChI is InChI=1S/C18H23N3O2S/c22-16(19-13-18(23)21-11-5-6-12-21)9-3-4-10-17-20-14-7-1-2-8-15(14)24-17/h1-2,7-8H,3-6,9-13H2,(H,19,22). The molecule has 1 aromatic carbocycles. The highest BCUT2D eigenvalue weighted by molar-refractivity contribution is 7.18. The van der Waals surface area contributed by atoms with Crippen LogP contribution in [0, 0.1) is 0 Å². The van der Waals surface area contributed by atoms with Crippen LogP contribution < -0.4 is 5.32 Å². The number of nitrogens with one attached hydrogen (secondary N) is 1. The Morgan fingerprint density at radius 3 is 2.75 bits per heavy atom. The largest absolute Gasteiger partial charge is 0.347 e. The molecule has 0 aliphatic carbocycles. The van der Waals surface area contributed by atoms with Crippen LogP contribution in [0.15, 0.2) is 24.3 Å². The van der Waals surface area contributed by atoms with Crippen LogP contribution in [0.2, 0.25) is 0 Å². The second kappa shape index (κ2) is 8.24. The van der Waals surface area contributed by atoms with Crippen molar-refractivity contribution in [2.45, 2.75) is 38.5 Å². The van der Waals surface area contributed by atoms with Crippen molar-refractivity contribution in [2.75, 3.05) is 19.6 Å². The van der Waals surface area contributed by atoms with E-state index in [0.29, 0.717) is 6.42 Å². The molecule has 0 spiro atoms. The molecular weight excluding hydrogens is 322 g/mol. The predicted octanol–water partition coefficient (Wildman–Crippen LogP) is 2.75. The van der Waals surface area contributed by atoms with Gasteiger partial charge in [-0.25, -0.2) is 4.98 Å². The molecule has 1 aliphatic rings. The zero-order valence-electron chi connectivity index (χ0n) is 13.8. The maximum Gasteiger partial charge on any atom is 0.241 e. The monoisotopic (exact) mass is 345 g/mol. The highest BCUT2D eigenvalue weighted by atomic mass is 32.1. The number of hydrogen-bond donors (Lipinski definition) is 1. The molecule has 6 heteroatoms. The van der Waals surface area contributed by atoms with Gasteiger partial charge < -0.3 is 10.2 Å². The van der Waals surface area contributed by atoms with Gasteiger partial charge in [-0.3, -0.25) is 9.59 Å². The van der Waals surface area contributed by atoms with Crippen LogP contribution in [-0.4, -0.2) is 41.3 Å². The maximum absolute atomic E-state index is 11.9. The van der Waals surface area contributed by atoms with Gasteiger partial charge >= 0.3 is 0 Å². The first-order valence-corrected chi connectivity index (χ1v) is 9.43. The summed E-state index contributed by atoms with van der Waals surface area (Å²) in [6, 6.07) is 8.14. The van der Waals surface area contributed by atoms with E-state index < -0.39 is 0 Å². The van der Waals surface area contributed by atoms with Crippen molar-refractivity contribution >= 4 is 33.4 Å². The Morgan fingerprint density at radius 1 is 1.17 bits per heavy atom. The predicted molar refractivity (Wildman–Crippen MR) is 96.0 cm³/mol. The molecule has 0 atom stereocenters. The lowest BCUT2D eigenvalue weighted by Gasteiger charge is -2.15. The molecule has 1 fully saturated rings. The average Bonchev–Trinajstić information content (AvgIpc) is 3.25. The Labute approximate surface area is 146 Å². The first-order chi connectivity index (χ1) is 11.7. The second-order valence-electron chi connectivity index (χ2n) is 6.15. The minimum atomic E-state index is -0.0353. The number of rotatable bonds is 7. The van der Waals surface area contributed by atoms with Gasteiger partial charge in [0.25, 0.3) is 0 Å². The number of para-hydroxylation sites is 1. The zero-order valence-corrected chi connectivity index (χ0v) is 14.6. The fourth-order valence-electron chi connectivity index (χ4n) is 2.93. The number of nitrogens with zero attached hydrogens (tertiary/aromatic N) is 2. The number of hydrogen-bond acceptors (Lipinski definition) is 4. The van der Waals surface area contributed by atoms with Gasteiger partial charge in [0.1, 0.15) is 0 Å². The lowest BCUT2D eigenvalue weighted by atomic mass is 10.2. The van der Waals surface area contributed by atoms with Crippen molar-refractivity contribution in [1.82, 2.24) is 15.2 Å². The molecular formula is C18H23N3O2S. The minimum absolute atomic E-state index is 0.0353. The van der Waals surface area contributed by atoms with Crippen molar-refractivity contribution < 1.29 is 9.59 Å². The molecule has 1 aromatic heterocycles. The molecule has 0 saturated carbocycles. The number of thiazole rings is 1. The first kappa shape index (κ1) is 16.9. The molecule has 0 radical (unpaired) electrons. The molecule has 1 N–H and O–H groups in total. The number of carbonyl (C=O) groups is 2. The lowest BCUT2D eigenvalue weighted by Crippen LogP contribution is -2.38. The van der Waals surface area contributed by atoms with Crippen LogP contribution in [0.3, 0.4) is 0 Å². The van der Waals surface area contributed by atoms with Gasteiger partial charge in [0, 0.05) is 19.5 Å². The maximum atomic E-state index is 11.9. The molecule has 24 heavy (non-hydrogen) atoms. The van der Waals surface area contributed by atoms with Gasteiger partial charge in [-0.15, -0.1) is 11.3 Å². The van der Waals surface area contributed by atoms with E-state index in [1.165, 1.54) is 4.70 Å². The molecule has 2 amide bonds. The summed E-state index contributed by atoms with van der Waals surface area (Å²) in [4.78, 5) is 30.1. The van der Waals surface area contributed by atoms with E-state index in [1.807, 2.05) is 23.1 Å². The van der Waals surface area contributed by atoms with Crippen LogP contribution in [0.1, 0.15) is 37.1 Å². The number of carbonyl (C=O) groups excluding carboxylic acids is 2. The summed E-state index contributed by atoms with van der Waals surface area (Å²) < 4.78 is 1.21. The summed E-state index contributed by atoms with van der Waals surface area (Å²) in [6.45, 7) is 1.80.